The van der Waals surface area contributed by atoms with Gasteiger partial charge in [0.05, 0.1) is 7.11 Å². The molecule has 0 heterocycles. The Hall–Kier alpha value is -3.39. The van der Waals surface area contributed by atoms with E-state index in [9.17, 15) is 14.4 Å². The molecule has 2 N–H and O–H groups in total. The molecule has 8 nitrogen and oxygen atoms in total. The quantitative estimate of drug-likeness (QED) is 0.597. The van der Waals surface area contributed by atoms with Gasteiger partial charge in [-0.15, -0.1) is 0 Å². The van der Waals surface area contributed by atoms with Gasteiger partial charge in [-0.3, -0.25) is 14.4 Å². The molecule has 0 bridgehead atoms. The van der Waals surface area contributed by atoms with Crippen LogP contribution < -0.4 is 5.32 Å². The van der Waals surface area contributed by atoms with Crippen molar-refractivity contribution in [2.24, 2.45) is 0 Å². The number of benzene rings is 2. The number of carboxylic acid groups (broad SMARTS) is 1. The number of alkyl carbamates (subject to hydrolysis) is 1. The van der Waals surface area contributed by atoms with E-state index in [0.717, 1.165) is 27.3 Å². The maximum Gasteiger partial charge on any atom is 0.407 e. The summed E-state index contributed by atoms with van der Waals surface area (Å²) in [5, 5.41) is 12.5. The minimum Gasteiger partial charge on any atom is -0.481 e. The van der Waals surface area contributed by atoms with Crippen LogP contribution in [-0.2, 0) is 19.2 Å². The van der Waals surface area contributed by atoms with Gasteiger partial charge < -0.3 is 15.2 Å². The van der Waals surface area contributed by atoms with Crippen LogP contribution in [-0.4, -0.2) is 54.4 Å². The van der Waals surface area contributed by atoms with Crippen molar-refractivity contribution in [3.05, 3.63) is 59.7 Å². The Kier molecular flexibility index (Phi) is 7.25. The first-order valence-corrected chi connectivity index (χ1v) is 10.1. The van der Waals surface area contributed by atoms with Crippen LogP contribution in [0.3, 0.4) is 0 Å². The maximum atomic E-state index is 12.6. The number of ether oxygens (including phenoxy) is 1. The van der Waals surface area contributed by atoms with E-state index in [4.69, 9.17) is 14.7 Å². The highest BCUT2D eigenvalue weighted by atomic mass is 16.7. The summed E-state index contributed by atoms with van der Waals surface area (Å²) in [5.74, 6) is -1.70. The third-order valence-corrected chi connectivity index (χ3v) is 5.33. The van der Waals surface area contributed by atoms with Gasteiger partial charge in [-0.1, -0.05) is 48.5 Å². The van der Waals surface area contributed by atoms with Gasteiger partial charge in [0.2, 0.25) is 0 Å². The third kappa shape index (κ3) is 5.03. The molecule has 0 radical (unpaired) electrons. The highest BCUT2D eigenvalue weighted by Gasteiger charge is 2.30. The van der Waals surface area contributed by atoms with Crippen molar-refractivity contribution in [2.45, 2.75) is 31.7 Å². The Bertz CT molecular complexity index is 911. The van der Waals surface area contributed by atoms with Gasteiger partial charge in [0.15, 0.2) is 0 Å². The number of carboxylic acids is 1. The van der Waals surface area contributed by atoms with Crippen molar-refractivity contribution >= 4 is 18.0 Å². The van der Waals surface area contributed by atoms with Crippen LogP contribution in [0.25, 0.3) is 11.1 Å². The Morgan fingerprint density at radius 3 is 2.16 bits per heavy atom. The van der Waals surface area contributed by atoms with E-state index in [-0.39, 0.29) is 31.9 Å². The monoisotopic (exact) mass is 426 g/mol. The Morgan fingerprint density at radius 2 is 1.65 bits per heavy atom. The largest absolute Gasteiger partial charge is 0.481 e. The number of carbonyl (C=O) groups is 3. The van der Waals surface area contributed by atoms with Gasteiger partial charge in [0.25, 0.3) is 5.91 Å². The summed E-state index contributed by atoms with van der Waals surface area (Å²) in [7, 11) is 1.34. The Morgan fingerprint density at radius 1 is 1.06 bits per heavy atom. The van der Waals surface area contributed by atoms with Crippen LogP contribution in [0, 0.1) is 0 Å². The molecule has 0 aliphatic heterocycles. The van der Waals surface area contributed by atoms with Crippen LogP contribution in [0.4, 0.5) is 4.79 Å². The smallest absolute Gasteiger partial charge is 0.407 e. The normalized spacial score (nSPS) is 13.1. The first kappa shape index (κ1) is 22.3. The lowest BCUT2D eigenvalue weighted by Crippen LogP contribution is -2.48. The average Bonchev–Trinajstić information content (AvgIpc) is 3.09. The van der Waals surface area contributed by atoms with Crippen LogP contribution in [0.15, 0.2) is 48.5 Å². The van der Waals surface area contributed by atoms with Crippen LogP contribution >= 0.6 is 0 Å². The lowest BCUT2D eigenvalue weighted by Gasteiger charge is -2.24. The number of nitrogens with zero attached hydrogens (tertiary/aromatic N) is 1. The lowest BCUT2D eigenvalue weighted by atomic mass is 9.98. The van der Waals surface area contributed by atoms with Crippen molar-refractivity contribution in [3.63, 3.8) is 0 Å². The number of fused-ring (bicyclic) bond motifs is 3. The van der Waals surface area contributed by atoms with E-state index in [1.807, 2.05) is 48.5 Å². The first-order valence-electron chi connectivity index (χ1n) is 10.1. The number of rotatable bonds is 9. The first-order chi connectivity index (χ1) is 15.0. The molecule has 1 aliphatic carbocycles. The molecule has 2 aromatic carbocycles. The van der Waals surface area contributed by atoms with Crippen LogP contribution in [0.2, 0.25) is 0 Å². The number of hydrogen-bond donors (Lipinski definition) is 2. The molecule has 0 fully saturated rings. The van der Waals surface area contributed by atoms with Gasteiger partial charge in [-0.2, -0.15) is 0 Å². The molecule has 0 saturated heterocycles. The van der Waals surface area contributed by atoms with Gasteiger partial charge in [-0.05, 0) is 35.6 Å². The molecule has 0 spiro atoms. The minimum atomic E-state index is -1.06. The van der Waals surface area contributed by atoms with Crippen molar-refractivity contribution < 1.29 is 29.1 Å². The van der Waals surface area contributed by atoms with Gasteiger partial charge in [0.1, 0.15) is 12.6 Å². The fourth-order valence-electron chi connectivity index (χ4n) is 3.86. The predicted octanol–water partition coefficient (Wildman–Crippen LogP) is 3.17. The number of hydrogen-bond acceptors (Lipinski definition) is 5. The number of carbonyl (C=O) groups excluding carboxylic acids is 2. The summed E-state index contributed by atoms with van der Waals surface area (Å²) in [6.45, 7) is 2.07. The van der Waals surface area contributed by atoms with E-state index < -0.39 is 24.0 Å². The van der Waals surface area contributed by atoms with Gasteiger partial charge in [0, 0.05) is 18.9 Å². The summed E-state index contributed by atoms with van der Waals surface area (Å²) in [6, 6.07) is 14.9. The zero-order valence-electron chi connectivity index (χ0n) is 17.5. The van der Waals surface area contributed by atoms with Gasteiger partial charge >= 0.3 is 12.1 Å². The zero-order chi connectivity index (χ0) is 22.4. The van der Waals surface area contributed by atoms with E-state index >= 15 is 0 Å². The van der Waals surface area contributed by atoms with Crippen LogP contribution in [0.1, 0.15) is 36.8 Å². The molecule has 3 rings (SSSR count). The molecule has 2 amide bonds. The number of aliphatic carboxylic acids is 1. The molecule has 2 aromatic rings. The van der Waals surface area contributed by atoms with Gasteiger partial charge in [-0.25, -0.2) is 9.86 Å². The second-order valence-corrected chi connectivity index (χ2v) is 7.17. The molecule has 164 valence electrons. The second kappa shape index (κ2) is 10.1. The summed E-state index contributed by atoms with van der Waals surface area (Å²) in [6.07, 6.45) is -1.13. The standard InChI is InChI=1S/C23H26N2O6/c1-3-25(30-2)22(28)20(12-13-21(26)27)24-23(29)31-14-19-17-10-6-4-8-15(17)16-9-5-7-11-18(16)19/h4-11,19-20H,3,12-14H2,1-2H3,(H,24,29)(H,26,27). The summed E-state index contributed by atoms with van der Waals surface area (Å²) >= 11 is 0. The number of nitrogens with one attached hydrogen (secondary N) is 1. The lowest BCUT2D eigenvalue weighted by molar-refractivity contribution is -0.177. The number of amides is 2. The molecule has 1 atom stereocenters. The summed E-state index contributed by atoms with van der Waals surface area (Å²) in [5.41, 5.74) is 4.37. The summed E-state index contributed by atoms with van der Waals surface area (Å²) < 4.78 is 5.47. The van der Waals surface area contributed by atoms with E-state index in [2.05, 4.69) is 5.32 Å². The third-order valence-electron chi connectivity index (χ3n) is 5.33. The molecule has 1 aliphatic rings. The van der Waals surface area contributed by atoms with Crippen LogP contribution in [0.5, 0.6) is 0 Å². The topological polar surface area (TPSA) is 105 Å². The van der Waals surface area contributed by atoms with Crippen molar-refractivity contribution in [1.29, 1.82) is 0 Å². The minimum absolute atomic E-state index is 0.0712. The molecule has 8 heteroatoms. The number of hydroxylamine groups is 2. The Labute approximate surface area is 180 Å². The fourth-order valence-corrected chi connectivity index (χ4v) is 3.86. The average molecular weight is 426 g/mol. The zero-order valence-corrected chi connectivity index (χ0v) is 17.5. The van der Waals surface area contributed by atoms with E-state index in [1.165, 1.54) is 7.11 Å². The van der Waals surface area contributed by atoms with E-state index in [0.29, 0.717) is 0 Å². The fraction of sp³-hybridized carbons (Fsp3) is 0.348. The maximum absolute atomic E-state index is 12.6. The molecular formula is C23H26N2O6. The highest BCUT2D eigenvalue weighted by Crippen LogP contribution is 2.44. The Balaban J connectivity index is 1.69. The van der Waals surface area contributed by atoms with Crippen molar-refractivity contribution in [1.82, 2.24) is 10.4 Å². The highest BCUT2D eigenvalue weighted by molar-refractivity contribution is 5.85. The molecule has 1 unspecified atom stereocenters. The molecule has 0 saturated carbocycles. The van der Waals surface area contributed by atoms with E-state index in [1.54, 1.807) is 6.92 Å². The SMILES string of the molecule is CCN(OC)C(=O)C(CCC(=O)O)NC(=O)OCC1c2ccccc2-c2ccccc21. The predicted molar refractivity (Wildman–Crippen MR) is 113 cm³/mol. The second-order valence-electron chi connectivity index (χ2n) is 7.17. The summed E-state index contributed by atoms with van der Waals surface area (Å²) in [4.78, 5) is 41.0. The van der Waals surface area contributed by atoms with Crippen molar-refractivity contribution in [3.8, 4) is 11.1 Å². The van der Waals surface area contributed by atoms with Crippen molar-refractivity contribution in [2.75, 3.05) is 20.3 Å². The molecule has 31 heavy (non-hydrogen) atoms. The number of likely N-dealkylation sites (N-methyl/N-ethyl adjacent to an activating group) is 1. The molecule has 0 aromatic heterocycles. The molecular weight excluding hydrogens is 400 g/mol.